The standard InChI is InChI=1S/C37H41N3O3/c1-30-14-11-19-33-28-39(35(41)26-31-15-5-2-6-16-31)24-12-22-38(27-32-17-7-3-8-18-32)23-13-25-40(37(30)33)36(42)29-43-34-20-9-4-10-21-34/h2-11,14-21H,12-13,22-29H2,1H3. The van der Waals surface area contributed by atoms with Crippen molar-refractivity contribution in [3.63, 3.8) is 0 Å². The SMILES string of the molecule is Cc1cccc2c1N(C(=O)COc1ccccc1)CCCN(Cc1ccccc1)CCCN(C(=O)Cc1ccccc1)C2. The van der Waals surface area contributed by atoms with Crippen molar-refractivity contribution in [3.8, 4) is 5.75 Å². The van der Waals surface area contributed by atoms with Gasteiger partial charge in [-0.25, -0.2) is 0 Å². The molecule has 0 unspecified atom stereocenters. The van der Waals surface area contributed by atoms with Gasteiger partial charge in [-0.2, -0.15) is 0 Å². The Morgan fingerprint density at radius 3 is 2.00 bits per heavy atom. The van der Waals surface area contributed by atoms with Crippen LogP contribution in [0.15, 0.2) is 109 Å². The Kier molecular flexibility index (Phi) is 10.6. The smallest absolute Gasteiger partial charge is 0.264 e. The van der Waals surface area contributed by atoms with Crippen LogP contribution >= 0.6 is 0 Å². The molecule has 0 aliphatic carbocycles. The molecule has 1 heterocycles. The number of hydrogen-bond acceptors (Lipinski definition) is 4. The van der Waals surface area contributed by atoms with Gasteiger partial charge in [0.05, 0.1) is 12.1 Å². The van der Waals surface area contributed by atoms with E-state index in [0.29, 0.717) is 31.8 Å². The third-order valence-electron chi connectivity index (χ3n) is 7.92. The molecule has 0 N–H and O–H groups in total. The number of carbonyl (C=O) groups is 2. The summed E-state index contributed by atoms with van der Waals surface area (Å²) in [6.45, 7) is 6.20. The molecule has 2 amide bonds. The maximum atomic E-state index is 13.8. The minimum absolute atomic E-state index is 0.0534. The van der Waals surface area contributed by atoms with Crippen molar-refractivity contribution in [2.24, 2.45) is 0 Å². The predicted molar refractivity (Wildman–Crippen MR) is 172 cm³/mol. The summed E-state index contributed by atoms with van der Waals surface area (Å²) in [6, 6.07) is 36.0. The average Bonchev–Trinajstić information content (AvgIpc) is 3.02. The second-order valence-electron chi connectivity index (χ2n) is 11.2. The van der Waals surface area contributed by atoms with Crippen LogP contribution in [-0.2, 0) is 29.1 Å². The Morgan fingerprint density at radius 1 is 0.674 bits per heavy atom. The van der Waals surface area contributed by atoms with Crippen molar-refractivity contribution in [3.05, 3.63) is 131 Å². The molecule has 4 aromatic rings. The summed E-state index contributed by atoms with van der Waals surface area (Å²) in [7, 11) is 0. The van der Waals surface area contributed by atoms with Crippen LogP contribution in [0, 0.1) is 6.92 Å². The summed E-state index contributed by atoms with van der Waals surface area (Å²) in [4.78, 5) is 33.9. The normalized spacial score (nSPS) is 14.7. The molecule has 43 heavy (non-hydrogen) atoms. The monoisotopic (exact) mass is 575 g/mol. The fourth-order valence-corrected chi connectivity index (χ4v) is 5.76. The van der Waals surface area contributed by atoms with Crippen LogP contribution in [-0.4, -0.2) is 54.4 Å². The number of para-hydroxylation sites is 2. The number of fused-ring (bicyclic) bond motifs is 1. The first kappa shape index (κ1) is 30.1. The Labute approximate surface area is 255 Å². The van der Waals surface area contributed by atoms with Gasteiger partial charge < -0.3 is 14.5 Å². The van der Waals surface area contributed by atoms with E-state index in [1.807, 2.05) is 95.6 Å². The van der Waals surface area contributed by atoms with Crippen LogP contribution in [0.3, 0.4) is 0 Å². The van der Waals surface area contributed by atoms with Crippen LogP contribution in [0.2, 0.25) is 0 Å². The highest BCUT2D eigenvalue weighted by atomic mass is 16.5. The zero-order valence-electron chi connectivity index (χ0n) is 25.0. The van der Waals surface area contributed by atoms with Gasteiger partial charge in [-0.1, -0.05) is 97.1 Å². The molecule has 6 nitrogen and oxygen atoms in total. The lowest BCUT2D eigenvalue weighted by Gasteiger charge is -2.32. The van der Waals surface area contributed by atoms with Gasteiger partial charge in [0.1, 0.15) is 5.75 Å². The number of carbonyl (C=O) groups excluding carboxylic acids is 2. The van der Waals surface area contributed by atoms with E-state index in [-0.39, 0.29) is 18.4 Å². The Hall–Kier alpha value is -4.42. The summed E-state index contributed by atoms with van der Waals surface area (Å²) >= 11 is 0. The van der Waals surface area contributed by atoms with Gasteiger partial charge in [0, 0.05) is 39.3 Å². The van der Waals surface area contributed by atoms with Crippen molar-refractivity contribution < 1.29 is 14.3 Å². The van der Waals surface area contributed by atoms with Crippen LogP contribution in [0.25, 0.3) is 0 Å². The zero-order valence-corrected chi connectivity index (χ0v) is 25.0. The van der Waals surface area contributed by atoms with Gasteiger partial charge >= 0.3 is 0 Å². The van der Waals surface area contributed by atoms with E-state index in [9.17, 15) is 9.59 Å². The number of anilines is 1. The maximum Gasteiger partial charge on any atom is 0.264 e. The molecular formula is C37H41N3O3. The topological polar surface area (TPSA) is 53.1 Å². The molecule has 222 valence electrons. The van der Waals surface area contributed by atoms with E-state index >= 15 is 0 Å². The molecule has 1 aliphatic heterocycles. The Bertz CT molecular complexity index is 1460. The molecule has 0 atom stereocenters. The molecule has 0 saturated heterocycles. The Morgan fingerprint density at radius 2 is 1.30 bits per heavy atom. The van der Waals surface area contributed by atoms with Crippen molar-refractivity contribution in [1.82, 2.24) is 9.80 Å². The van der Waals surface area contributed by atoms with Crippen LogP contribution < -0.4 is 9.64 Å². The molecule has 1 aliphatic rings. The summed E-state index contributed by atoms with van der Waals surface area (Å²) in [5.74, 6) is 0.672. The highest BCUT2D eigenvalue weighted by Gasteiger charge is 2.25. The van der Waals surface area contributed by atoms with E-state index < -0.39 is 0 Å². The quantitative estimate of drug-likeness (QED) is 0.261. The molecule has 5 rings (SSSR count). The average molecular weight is 576 g/mol. The molecule has 0 spiro atoms. The van der Waals surface area contributed by atoms with Crippen LogP contribution in [0.5, 0.6) is 5.75 Å². The Balaban J connectivity index is 1.43. The number of hydrogen-bond donors (Lipinski definition) is 0. The minimum Gasteiger partial charge on any atom is -0.484 e. The second-order valence-corrected chi connectivity index (χ2v) is 11.2. The number of nitrogens with zero attached hydrogens (tertiary/aromatic N) is 3. The van der Waals surface area contributed by atoms with Gasteiger partial charge in [-0.05, 0) is 54.2 Å². The minimum atomic E-state index is -0.0896. The zero-order chi connectivity index (χ0) is 29.9. The fourth-order valence-electron chi connectivity index (χ4n) is 5.76. The van der Waals surface area contributed by atoms with Crippen molar-refractivity contribution in [2.45, 2.75) is 39.3 Å². The fraction of sp³-hybridized carbons (Fsp3) is 0.297. The highest BCUT2D eigenvalue weighted by molar-refractivity contribution is 5.96. The largest absolute Gasteiger partial charge is 0.484 e. The first-order valence-corrected chi connectivity index (χ1v) is 15.2. The van der Waals surface area contributed by atoms with E-state index in [0.717, 1.165) is 54.9 Å². The maximum absolute atomic E-state index is 13.8. The lowest BCUT2D eigenvalue weighted by atomic mass is 10.0. The summed E-state index contributed by atoms with van der Waals surface area (Å²) < 4.78 is 5.91. The number of rotatable bonds is 7. The van der Waals surface area contributed by atoms with E-state index in [2.05, 4.69) is 35.2 Å². The van der Waals surface area contributed by atoms with Crippen molar-refractivity contribution in [2.75, 3.05) is 37.7 Å². The summed E-state index contributed by atoms with van der Waals surface area (Å²) in [6.07, 6.45) is 2.06. The van der Waals surface area contributed by atoms with E-state index in [4.69, 9.17) is 4.74 Å². The molecule has 0 radical (unpaired) electrons. The van der Waals surface area contributed by atoms with Gasteiger partial charge in [0.15, 0.2) is 6.61 Å². The van der Waals surface area contributed by atoms with Gasteiger partial charge in [-0.15, -0.1) is 0 Å². The number of amides is 2. The molecule has 0 fully saturated rings. The first-order chi connectivity index (χ1) is 21.1. The predicted octanol–water partition coefficient (Wildman–Crippen LogP) is 6.27. The molecule has 6 heteroatoms. The van der Waals surface area contributed by atoms with Crippen molar-refractivity contribution in [1.29, 1.82) is 0 Å². The highest BCUT2D eigenvalue weighted by Crippen LogP contribution is 2.28. The summed E-state index contributed by atoms with van der Waals surface area (Å²) in [5.41, 5.74) is 5.15. The molecule has 0 aromatic heterocycles. The molecule has 4 aromatic carbocycles. The lowest BCUT2D eigenvalue weighted by molar-refractivity contribution is -0.131. The molecule has 0 bridgehead atoms. The van der Waals surface area contributed by atoms with Crippen LogP contribution in [0.4, 0.5) is 5.69 Å². The summed E-state index contributed by atoms with van der Waals surface area (Å²) in [5, 5.41) is 0. The molecular weight excluding hydrogens is 534 g/mol. The van der Waals surface area contributed by atoms with Gasteiger partial charge in [0.2, 0.25) is 5.91 Å². The van der Waals surface area contributed by atoms with Gasteiger partial charge in [0.25, 0.3) is 5.91 Å². The molecule has 0 saturated carbocycles. The van der Waals surface area contributed by atoms with Crippen molar-refractivity contribution >= 4 is 17.5 Å². The number of aryl methyl sites for hydroxylation is 1. The lowest BCUT2D eigenvalue weighted by Crippen LogP contribution is -2.41. The third kappa shape index (κ3) is 8.55. The van der Waals surface area contributed by atoms with Crippen LogP contribution in [0.1, 0.15) is 35.1 Å². The van der Waals surface area contributed by atoms with E-state index in [1.165, 1.54) is 5.56 Å². The third-order valence-corrected chi connectivity index (χ3v) is 7.92. The van der Waals surface area contributed by atoms with Gasteiger partial charge in [-0.3, -0.25) is 14.5 Å². The second kappa shape index (κ2) is 15.2. The number of benzene rings is 4. The first-order valence-electron chi connectivity index (χ1n) is 15.2. The van der Waals surface area contributed by atoms with E-state index in [1.54, 1.807) is 0 Å². The number of ether oxygens (including phenoxy) is 1.